The van der Waals surface area contributed by atoms with E-state index in [2.05, 4.69) is 0 Å². The summed E-state index contributed by atoms with van der Waals surface area (Å²) in [6.45, 7) is 3.76. The lowest BCUT2D eigenvalue weighted by atomic mass is 10.0. The van der Waals surface area contributed by atoms with Crippen molar-refractivity contribution in [2.24, 2.45) is 0 Å². The third-order valence-corrected chi connectivity index (χ3v) is 4.16. The van der Waals surface area contributed by atoms with Crippen LogP contribution in [0.2, 0.25) is 0 Å². The number of nitrogens with zero attached hydrogens (tertiary/aromatic N) is 1. The normalized spacial score (nSPS) is 11.8. The third kappa shape index (κ3) is 4.52. The Labute approximate surface area is 137 Å². The molecule has 0 bridgehead atoms. The lowest BCUT2D eigenvalue weighted by Crippen LogP contribution is -2.40. The van der Waals surface area contributed by atoms with Crippen molar-refractivity contribution in [3.8, 4) is 0 Å². The maximum atomic E-state index is 12.5. The molecule has 0 N–H and O–H groups in total. The molecule has 0 radical (unpaired) electrons. The van der Waals surface area contributed by atoms with Gasteiger partial charge in [0.1, 0.15) is 0 Å². The number of hydrogen-bond acceptors (Lipinski definition) is 2. The fourth-order valence-corrected chi connectivity index (χ4v) is 2.42. The SMILES string of the molecule is Cc1ccc(C(=O)C(C)N(C)C(=O)CCc2ccccc2)cc1. The van der Waals surface area contributed by atoms with Gasteiger partial charge in [-0.25, -0.2) is 0 Å². The van der Waals surface area contributed by atoms with Gasteiger partial charge in [0.05, 0.1) is 6.04 Å². The summed E-state index contributed by atoms with van der Waals surface area (Å²) in [5.74, 6) is -0.0395. The molecule has 0 heterocycles. The van der Waals surface area contributed by atoms with E-state index < -0.39 is 6.04 Å². The molecule has 0 aliphatic heterocycles. The molecule has 0 fully saturated rings. The van der Waals surface area contributed by atoms with Crippen LogP contribution in [0.3, 0.4) is 0 Å². The molecular weight excluding hydrogens is 286 g/mol. The molecule has 2 aromatic rings. The molecular formula is C20H23NO2. The van der Waals surface area contributed by atoms with Gasteiger partial charge in [0.25, 0.3) is 0 Å². The topological polar surface area (TPSA) is 37.4 Å². The second-order valence-electron chi connectivity index (χ2n) is 5.90. The number of ketones is 1. The predicted octanol–water partition coefficient (Wildman–Crippen LogP) is 3.66. The van der Waals surface area contributed by atoms with E-state index in [4.69, 9.17) is 0 Å². The fourth-order valence-electron chi connectivity index (χ4n) is 2.42. The first kappa shape index (κ1) is 16.9. The largest absolute Gasteiger partial charge is 0.336 e. The first-order valence-corrected chi connectivity index (χ1v) is 7.89. The average molecular weight is 309 g/mol. The molecule has 0 aliphatic carbocycles. The molecule has 0 saturated heterocycles. The van der Waals surface area contributed by atoms with E-state index in [0.29, 0.717) is 18.4 Å². The Morgan fingerprint density at radius 2 is 1.61 bits per heavy atom. The van der Waals surface area contributed by atoms with E-state index >= 15 is 0 Å². The van der Waals surface area contributed by atoms with Crippen LogP contribution < -0.4 is 0 Å². The Kier molecular flexibility index (Phi) is 5.69. The van der Waals surface area contributed by atoms with Crippen molar-refractivity contribution in [1.82, 2.24) is 4.90 Å². The van der Waals surface area contributed by atoms with Crippen molar-refractivity contribution in [2.45, 2.75) is 32.7 Å². The molecule has 23 heavy (non-hydrogen) atoms. The van der Waals surface area contributed by atoms with Crippen LogP contribution in [-0.4, -0.2) is 29.7 Å². The van der Waals surface area contributed by atoms with Gasteiger partial charge in [0, 0.05) is 19.0 Å². The number of carbonyl (C=O) groups is 2. The van der Waals surface area contributed by atoms with Crippen LogP contribution in [0, 0.1) is 6.92 Å². The summed E-state index contributed by atoms with van der Waals surface area (Å²) in [4.78, 5) is 26.4. The Bertz CT molecular complexity index is 662. The van der Waals surface area contributed by atoms with Crippen molar-refractivity contribution >= 4 is 11.7 Å². The number of hydrogen-bond donors (Lipinski definition) is 0. The van der Waals surface area contributed by atoms with Gasteiger partial charge in [-0.3, -0.25) is 9.59 Å². The van der Waals surface area contributed by atoms with Crippen LogP contribution in [0.1, 0.15) is 34.8 Å². The zero-order valence-electron chi connectivity index (χ0n) is 14.0. The van der Waals surface area contributed by atoms with Crippen LogP contribution in [0.5, 0.6) is 0 Å². The van der Waals surface area contributed by atoms with Gasteiger partial charge in [-0.2, -0.15) is 0 Å². The van der Waals surface area contributed by atoms with Crippen molar-refractivity contribution in [2.75, 3.05) is 7.05 Å². The van der Waals surface area contributed by atoms with E-state index in [1.54, 1.807) is 18.9 Å². The van der Waals surface area contributed by atoms with Gasteiger partial charge < -0.3 is 4.90 Å². The second kappa shape index (κ2) is 7.73. The van der Waals surface area contributed by atoms with Crippen molar-refractivity contribution < 1.29 is 9.59 Å². The molecule has 3 heteroatoms. The maximum Gasteiger partial charge on any atom is 0.223 e. The van der Waals surface area contributed by atoms with Crippen molar-refractivity contribution in [1.29, 1.82) is 0 Å². The highest BCUT2D eigenvalue weighted by molar-refractivity contribution is 6.01. The molecule has 0 aromatic heterocycles. The lowest BCUT2D eigenvalue weighted by molar-refractivity contribution is -0.130. The smallest absolute Gasteiger partial charge is 0.223 e. The minimum Gasteiger partial charge on any atom is -0.336 e. The lowest BCUT2D eigenvalue weighted by Gasteiger charge is -2.24. The third-order valence-electron chi connectivity index (χ3n) is 4.16. The van der Waals surface area contributed by atoms with Crippen LogP contribution >= 0.6 is 0 Å². The van der Waals surface area contributed by atoms with Gasteiger partial charge in [0.15, 0.2) is 5.78 Å². The number of benzene rings is 2. The summed E-state index contributed by atoms with van der Waals surface area (Å²) in [7, 11) is 1.70. The Morgan fingerprint density at radius 3 is 2.22 bits per heavy atom. The number of carbonyl (C=O) groups excluding carboxylic acids is 2. The van der Waals surface area contributed by atoms with Gasteiger partial charge in [0.2, 0.25) is 5.91 Å². The number of aryl methyl sites for hydroxylation is 2. The molecule has 0 saturated carbocycles. The highest BCUT2D eigenvalue weighted by Crippen LogP contribution is 2.11. The van der Waals surface area contributed by atoms with Crippen LogP contribution in [0.4, 0.5) is 0 Å². The number of likely N-dealkylation sites (N-methyl/N-ethyl adjacent to an activating group) is 1. The van der Waals surface area contributed by atoms with Crippen LogP contribution in [0.15, 0.2) is 54.6 Å². The van der Waals surface area contributed by atoms with Crippen molar-refractivity contribution in [3.05, 3.63) is 71.3 Å². The first-order chi connectivity index (χ1) is 11.0. The molecule has 1 unspecified atom stereocenters. The number of rotatable bonds is 6. The Balaban J connectivity index is 1.95. The van der Waals surface area contributed by atoms with E-state index in [1.165, 1.54) is 0 Å². The molecule has 1 amide bonds. The van der Waals surface area contributed by atoms with Gasteiger partial charge in [-0.1, -0.05) is 60.2 Å². The van der Waals surface area contributed by atoms with E-state index in [-0.39, 0.29) is 11.7 Å². The maximum absolute atomic E-state index is 12.5. The minimum absolute atomic E-state index is 0.0122. The zero-order chi connectivity index (χ0) is 16.8. The predicted molar refractivity (Wildman–Crippen MR) is 92.5 cm³/mol. The Hall–Kier alpha value is -2.42. The van der Waals surface area contributed by atoms with Crippen LogP contribution in [0.25, 0.3) is 0 Å². The number of Topliss-reactive ketones (excluding diaryl/α,β-unsaturated/α-hetero) is 1. The van der Waals surface area contributed by atoms with Gasteiger partial charge in [-0.15, -0.1) is 0 Å². The number of amides is 1. The zero-order valence-corrected chi connectivity index (χ0v) is 14.0. The van der Waals surface area contributed by atoms with E-state index in [9.17, 15) is 9.59 Å². The molecule has 0 spiro atoms. The monoisotopic (exact) mass is 309 g/mol. The molecule has 2 rings (SSSR count). The van der Waals surface area contributed by atoms with Gasteiger partial charge in [-0.05, 0) is 25.8 Å². The summed E-state index contributed by atoms with van der Waals surface area (Å²) < 4.78 is 0. The minimum atomic E-state index is -0.457. The molecule has 120 valence electrons. The summed E-state index contributed by atoms with van der Waals surface area (Å²) in [5.41, 5.74) is 2.89. The molecule has 3 nitrogen and oxygen atoms in total. The Morgan fingerprint density at radius 1 is 1.00 bits per heavy atom. The molecule has 0 aliphatic rings. The second-order valence-corrected chi connectivity index (χ2v) is 5.90. The highest BCUT2D eigenvalue weighted by Gasteiger charge is 2.23. The average Bonchev–Trinajstić information content (AvgIpc) is 2.59. The summed E-state index contributed by atoms with van der Waals surface area (Å²) >= 11 is 0. The standard InChI is InChI=1S/C20H23NO2/c1-15-9-12-18(13-10-15)20(23)16(2)21(3)19(22)14-11-17-7-5-4-6-8-17/h4-10,12-13,16H,11,14H2,1-3H3. The summed E-state index contributed by atoms with van der Waals surface area (Å²) in [6, 6.07) is 16.9. The van der Waals surface area contributed by atoms with E-state index in [0.717, 1.165) is 11.1 Å². The summed E-state index contributed by atoms with van der Waals surface area (Å²) in [5, 5.41) is 0. The van der Waals surface area contributed by atoms with Crippen molar-refractivity contribution in [3.63, 3.8) is 0 Å². The first-order valence-electron chi connectivity index (χ1n) is 7.89. The molecule has 1 atom stereocenters. The quantitative estimate of drug-likeness (QED) is 0.764. The highest BCUT2D eigenvalue weighted by atomic mass is 16.2. The molecule has 2 aromatic carbocycles. The van der Waals surface area contributed by atoms with Crippen LogP contribution in [-0.2, 0) is 11.2 Å². The fraction of sp³-hybridized carbons (Fsp3) is 0.300. The summed E-state index contributed by atoms with van der Waals surface area (Å²) in [6.07, 6.45) is 1.10. The van der Waals surface area contributed by atoms with E-state index in [1.807, 2.05) is 61.5 Å². The van der Waals surface area contributed by atoms with Gasteiger partial charge >= 0.3 is 0 Å².